The van der Waals surface area contributed by atoms with Gasteiger partial charge in [0.1, 0.15) is 6.04 Å². The Kier molecular flexibility index (Phi) is 7.48. The summed E-state index contributed by atoms with van der Waals surface area (Å²) in [5.41, 5.74) is 0.839. The number of nitrogens with zero attached hydrogens (tertiary/aromatic N) is 2. The minimum atomic E-state index is -1.02. The van der Waals surface area contributed by atoms with Crippen molar-refractivity contribution in [2.24, 2.45) is 5.92 Å². The third-order valence-corrected chi connectivity index (χ3v) is 4.92. The third-order valence-electron chi connectivity index (χ3n) is 3.86. The highest BCUT2D eigenvalue weighted by Crippen LogP contribution is 2.26. The lowest BCUT2D eigenvalue weighted by Crippen LogP contribution is -2.48. The van der Waals surface area contributed by atoms with Crippen molar-refractivity contribution in [3.63, 3.8) is 0 Å². The van der Waals surface area contributed by atoms with Gasteiger partial charge in [0, 0.05) is 18.3 Å². The molecular formula is C16H27N3O3S. The molecule has 0 aliphatic rings. The zero-order chi connectivity index (χ0) is 17.6. The van der Waals surface area contributed by atoms with Gasteiger partial charge in [-0.2, -0.15) is 0 Å². The lowest BCUT2D eigenvalue weighted by Gasteiger charge is -2.22. The number of nitrogens with one attached hydrogen (secondary N) is 1. The first kappa shape index (κ1) is 19.4. The number of hydrogen-bond donors (Lipinski definition) is 2. The predicted octanol–water partition coefficient (Wildman–Crippen LogP) is 3.30. The minimum absolute atomic E-state index is 0.175. The van der Waals surface area contributed by atoms with E-state index >= 15 is 0 Å². The van der Waals surface area contributed by atoms with Crippen molar-refractivity contribution in [3.05, 3.63) is 16.1 Å². The number of aliphatic carboxylic acids is 1. The van der Waals surface area contributed by atoms with Gasteiger partial charge < -0.3 is 15.3 Å². The van der Waals surface area contributed by atoms with E-state index in [2.05, 4.69) is 24.1 Å². The molecule has 0 aliphatic carbocycles. The molecule has 130 valence electrons. The molecule has 0 fully saturated rings. The highest BCUT2D eigenvalue weighted by Gasteiger charge is 2.25. The molecule has 1 aromatic heterocycles. The van der Waals surface area contributed by atoms with E-state index < -0.39 is 18.0 Å². The van der Waals surface area contributed by atoms with Gasteiger partial charge in [-0.3, -0.25) is 0 Å². The Balaban J connectivity index is 2.66. The van der Waals surface area contributed by atoms with Gasteiger partial charge in [-0.25, -0.2) is 14.6 Å². The van der Waals surface area contributed by atoms with Crippen LogP contribution in [0.1, 0.15) is 57.2 Å². The number of carboxylic acid groups (broad SMARTS) is 1. The van der Waals surface area contributed by atoms with Crippen molar-refractivity contribution in [2.45, 2.75) is 59.0 Å². The first-order chi connectivity index (χ1) is 10.8. The second kappa shape index (κ2) is 8.86. The SMILES string of the molecule is CCC(CC)c1nc(CN(C)C(=O)N[C@H](C(=O)O)C(C)C)cs1. The number of thiazole rings is 1. The summed E-state index contributed by atoms with van der Waals surface area (Å²) >= 11 is 1.62. The first-order valence-electron chi connectivity index (χ1n) is 7.98. The summed E-state index contributed by atoms with van der Waals surface area (Å²) in [6, 6.07) is -1.29. The summed E-state index contributed by atoms with van der Waals surface area (Å²) in [6.45, 7) is 8.19. The number of carboxylic acids is 1. The fourth-order valence-corrected chi connectivity index (χ4v) is 3.37. The van der Waals surface area contributed by atoms with E-state index in [-0.39, 0.29) is 5.92 Å². The molecule has 0 radical (unpaired) electrons. The van der Waals surface area contributed by atoms with Crippen LogP contribution in [-0.2, 0) is 11.3 Å². The Bertz CT molecular complexity index is 526. The van der Waals surface area contributed by atoms with Gasteiger partial charge in [0.25, 0.3) is 0 Å². The zero-order valence-electron chi connectivity index (χ0n) is 14.5. The molecule has 7 heteroatoms. The molecule has 0 bridgehead atoms. The van der Waals surface area contributed by atoms with Crippen LogP contribution >= 0.6 is 11.3 Å². The molecule has 0 saturated carbocycles. The van der Waals surface area contributed by atoms with Gasteiger partial charge in [-0.15, -0.1) is 11.3 Å². The van der Waals surface area contributed by atoms with Gasteiger partial charge in [-0.1, -0.05) is 27.7 Å². The summed E-state index contributed by atoms with van der Waals surface area (Å²) in [5.74, 6) is -0.734. The molecule has 0 spiro atoms. The summed E-state index contributed by atoms with van der Waals surface area (Å²) in [7, 11) is 1.64. The maximum absolute atomic E-state index is 12.1. The van der Waals surface area contributed by atoms with Crippen molar-refractivity contribution in [1.29, 1.82) is 0 Å². The summed E-state index contributed by atoms with van der Waals surface area (Å²) < 4.78 is 0. The smallest absolute Gasteiger partial charge is 0.326 e. The Labute approximate surface area is 141 Å². The molecule has 6 nitrogen and oxygen atoms in total. The lowest BCUT2D eigenvalue weighted by molar-refractivity contribution is -0.140. The third kappa shape index (κ3) is 5.49. The van der Waals surface area contributed by atoms with Gasteiger partial charge in [0.15, 0.2) is 0 Å². The number of urea groups is 1. The average Bonchev–Trinajstić information content (AvgIpc) is 2.93. The minimum Gasteiger partial charge on any atom is -0.480 e. The topological polar surface area (TPSA) is 82.5 Å². The van der Waals surface area contributed by atoms with Crippen LogP contribution in [0.3, 0.4) is 0 Å². The van der Waals surface area contributed by atoms with Crippen molar-refractivity contribution >= 4 is 23.3 Å². The van der Waals surface area contributed by atoms with E-state index in [1.54, 1.807) is 32.2 Å². The molecule has 1 heterocycles. The van der Waals surface area contributed by atoms with Crippen molar-refractivity contribution < 1.29 is 14.7 Å². The molecule has 1 aromatic rings. The molecule has 0 aliphatic heterocycles. The molecular weight excluding hydrogens is 314 g/mol. The molecule has 0 saturated heterocycles. The fraction of sp³-hybridized carbons (Fsp3) is 0.688. The number of aromatic nitrogens is 1. The van der Waals surface area contributed by atoms with Crippen molar-refractivity contribution in [1.82, 2.24) is 15.2 Å². The standard InChI is InChI=1S/C16H27N3O3S/c1-6-11(7-2)14-17-12(9-23-14)8-19(5)16(22)18-13(10(3)4)15(20)21/h9-11,13H,6-8H2,1-5H3,(H,18,22)(H,20,21)/t13-/m0/s1. The number of rotatable bonds is 8. The molecule has 0 unspecified atom stereocenters. The Morgan fingerprint density at radius 2 is 1.96 bits per heavy atom. The van der Waals surface area contributed by atoms with Crippen molar-refractivity contribution in [2.75, 3.05) is 7.05 Å². The number of amides is 2. The van der Waals surface area contributed by atoms with Crippen molar-refractivity contribution in [3.8, 4) is 0 Å². The van der Waals surface area contributed by atoms with E-state index in [0.29, 0.717) is 12.5 Å². The van der Waals surface area contributed by atoms with Crippen LogP contribution in [0.2, 0.25) is 0 Å². The second-order valence-corrected chi connectivity index (χ2v) is 6.95. The van der Waals surface area contributed by atoms with Gasteiger partial charge in [0.2, 0.25) is 0 Å². The van der Waals surface area contributed by atoms with Crippen LogP contribution in [0.4, 0.5) is 4.79 Å². The highest BCUT2D eigenvalue weighted by atomic mass is 32.1. The Hall–Kier alpha value is -1.63. The van der Waals surface area contributed by atoms with E-state index in [1.807, 2.05) is 5.38 Å². The Morgan fingerprint density at radius 1 is 1.35 bits per heavy atom. The van der Waals surface area contributed by atoms with E-state index in [9.17, 15) is 9.59 Å². The summed E-state index contributed by atoms with van der Waals surface area (Å²) in [4.78, 5) is 29.4. The maximum Gasteiger partial charge on any atom is 0.326 e. The van der Waals surface area contributed by atoms with E-state index in [4.69, 9.17) is 5.11 Å². The monoisotopic (exact) mass is 341 g/mol. The number of carbonyl (C=O) groups is 2. The normalized spacial score (nSPS) is 12.5. The fourth-order valence-electron chi connectivity index (χ4n) is 2.29. The van der Waals surface area contributed by atoms with Crippen LogP contribution < -0.4 is 5.32 Å². The summed E-state index contributed by atoms with van der Waals surface area (Å²) in [5, 5.41) is 14.8. The quantitative estimate of drug-likeness (QED) is 0.760. The molecule has 1 atom stereocenters. The first-order valence-corrected chi connectivity index (χ1v) is 8.86. The lowest BCUT2D eigenvalue weighted by atomic mass is 10.1. The molecule has 0 aromatic carbocycles. The Morgan fingerprint density at radius 3 is 2.43 bits per heavy atom. The number of hydrogen-bond acceptors (Lipinski definition) is 4. The van der Waals surface area contributed by atoms with E-state index in [1.165, 1.54) is 4.90 Å². The average molecular weight is 341 g/mol. The van der Waals surface area contributed by atoms with E-state index in [0.717, 1.165) is 23.5 Å². The highest BCUT2D eigenvalue weighted by molar-refractivity contribution is 7.09. The zero-order valence-corrected chi connectivity index (χ0v) is 15.3. The van der Waals surface area contributed by atoms with Crippen LogP contribution in [0, 0.1) is 5.92 Å². The van der Waals surface area contributed by atoms with Crippen LogP contribution in [0.25, 0.3) is 0 Å². The van der Waals surface area contributed by atoms with Gasteiger partial charge in [-0.05, 0) is 18.8 Å². The molecule has 1 rings (SSSR count). The molecule has 2 amide bonds. The summed E-state index contributed by atoms with van der Waals surface area (Å²) in [6.07, 6.45) is 2.10. The van der Waals surface area contributed by atoms with Gasteiger partial charge in [0.05, 0.1) is 17.2 Å². The maximum atomic E-state index is 12.1. The number of carbonyl (C=O) groups excluding carboxylic acids is 1. The molecule has 2 N–H and O–H groups in total. The van der Waals surface area contributed by atoms with Crippen LogP contribution in [0.5, 0.6) is 0 Å². The van der Waals surface area contributed by atoms with Gasteiger partial charge >= 0.3 is 12.0 Å². The van der Waals surface area contributed by atoms with Crippen LogP contribution in [0.15, 0.2) is 5.38 Å². The second-order valence-electron chi connectivity index (χ2n) is 6.06. The largest absolute Gasteiger partial charge is 0.480 e. The molecule has 23 heavy (non-hydrogen) atoms. The predicted molar refractivity (Wildman–Crippen MR) is 91.7 cm³/mol. The van der Waals surface area contributed by atoms with Crippen LogP contribution in [-0.4, -0.2) is 40.1 Å².